The van der Waals surface area contributed by atoms with Crippen LogP contribution in [0.5, 0.6) is 29.0 Å². The number of phenols is 4. The summed E-state index contributed by atoms with van der Waals surface area (Å²) in [6.45, 7) is 2.07. The number of hydrogen-bond acceptors (Lipinski definition) is 8. The van der Waals surface area contributed by atoms with Gasteiger partial charge in [0.1, 0.15) is 23.0 Å². The van der Waals surface area contributed by atoms with Gasteiger partial charge in [-0.3, -0.25) is 0 Å². The zero-order valence-electron chi connectivity index (χ0n) is 13.2. The third kappa shape index (κ3) is 3.37. The van der Waals surface area contributed by atoms with E-state index in [1.54, 1.807) is 6.92 Å². The van der Waals surface area contributed by atoms with Gasteiger partial charge in [-0.1, -0.05) is 0 Å². The molecule has 128 valence electrons. The summed E-state index contributed by atoms with van der Waals surface area (Å²) in [4.78, 5) is 12.5. The first-order chi connectivity index (χ1) is 12.0. The van der Waals surface area contributed by atoms with Crippen LogP contribution < -0.4 is 4.74 Å². The minimum Gasteiger partial charge on any atom is -0.508 e. The maximum absolute atomic E-state index is 10.0. The van der Waals surface area contributed by atoms with Gasteiger partial charge >= 0.3 is 6.01 Å². The minimum atomic E-state index is -0.213. The van der Waals surface area contributed by atoms with Gasteiger partial charge in [0, 0.05) is 12.1 Å². The number of aromatic hydroxyl groups is 4. The van der Waals surface area contributed by atoms with Crippen molar-refractivity contribution < 1.29 is 25.2 Å². The highest BCUT2D eigenvalue weighted by atomic mass is 16.5. The van der Waals surface area contributed by atoms with E-state index < -0.39 is 0 Å². The molecule has 0 saturated carbocycles. The third-order valence-electron chi connectivity index (χ3n) is 3.33. The van der Waals surface area contributed by atoms with Crippen molar-refractivity contribution in [2.45, 2.75) is 6.92 Å². The first-order valence-corrected chi connectivity index (χ1v) is 7.41. The van der Waals surface area contributed by atoms with Crippen molar-refractivity contribution in [3.05, 3.63) is 36.4 Å². The zero-order chi connectivity index (χ0) is 18.0. The van der Waals surface area contributed by atoms with Crippen LogP contribution in [0.2, 0.25) is 0 Å². The summed E-state index contributed by atoms with van der Waals surface area (Å²) in [6, 6.07) is 8.02. The molecule has 0 fully saturated rings. The van der Waals surface area contributed by atoms with Crippen LogP contribution in [0.25, 0.3) is 22.8 Å². The monoisotopic (exact) mass is 341 g/mol. The van der Waals surface area contributed by atoms with Gasteiger partial charge in [-0.15, -0.1) is 0 Å². The van der Waals surface area contributed by atoms with Crippen LogP contribution in [0, 0.1) is 0 Å². The van der Waals surface area contributed by atoms with Crippen LogP contribution >= 0.6 is 0 Å². The van der Waals surface area contributed by atoms with Gasteiger partial charge in [0.2, 0.25) is 0 Å². The molecule has 0 bridgehead atoms. The molecule has 0 aliphatic heterocycles. The lowest BCUT2D eigenvalue weighted by Crippen LogP contribution is -2.03. The van der Waals surface area contributed by atoms with Crippen molar-refractivity contribution in [3.63, 3.8) is 0 Å². The lowest BCUT2D eigenvalue weighted by Gasteiger charge is -2.10. The molecule has 8 nitrogen and oxygen atoms in total. The molecule has 0 aliphatic rings. The summed E-state index contributed by atoms with van der Waals surface area (Å²) in [5.41, 5.74) is 0.529. The fourth-order valence-corrected chi connectivity index (χ4v) is 2.21. The van der Waals surface area contributed by atoms with Gasteiger partial charge in [-0.2, -0.15) is 9.97 Å². The zero-order valence-corrected chi connectivity index (χ0v) is 13.2. The van der Waals surface area contributed by atoms with Crippen LogP contribution in [0.1, 0.15) is 6.92 Å². The lowest BCUT2D eigenvalue weighted by atomic mass is 10.1. The summed E-state index contributed by atoms with van der Waals surface area (Å²) in [6.07, 6.45) is 0. The number of hydrogen-bond donors (Lipinski definition) is 4. The van der Waals surface area contributed by atoms with E-state index in [9.17, 15) is 20.4 Å². The molecule has 0 unspecified atom stereocenters. The van der Waals surface area contributed by atoms with E-state index >= 15 is 0 Å². The molecule has 3 rings (SSSR count). The van der Waals surface area contributed by atoms with Crippen molar-refractivity contribution in [2.75, 3.05) is 6.61 Å². The van der Waals surface area contributed by atoms with Gasteiger partial charge in [0.25, 0.3) is 0 Å². The second-order valence-electron chi connectivity index (χ2n) is 5.10. The summed E-state index contributed by atoms with van der Waals surface area (Å²) in [7, 11) is 0. The van der Waals surface area contributed by atoms with E-state index in [0.29, 0.717) is 6.61 Å². The highest BCUT2D eigenvalue weighted by Crippen LogP contribution is 2.34. The molecule has 0 atom stereocenters. The topological polar surface area (TPSA) is 129 Å². The van der Waals surface area contributed by atoms with Crippen molar-refractivity contribution in [1.82, 2.24) is 15.0 Å². The molecule has 0 amide bonds. The van der Waals surface area contributed by atoms with Gasteiger partial charge in [0.05, 0.1) is 17.7 Å². The molecular weight excluding hydrogens is 326 g/mol. The Morgan fingerprint density at radius 3 is 1.64 bits per heavy atom. The van der Waals surface area contributed by atoms with Gasteiger partial charge in [-0.05, 0) is 31.2 Å². The highest BCUT2D eigenvalue weighted by molar-refractivity contribution is 5.70. The smallest absolute Gasteiger partial charge is 0.320 e. The summed E-state index contributed by atoms with van der Waals surface area (Å²) < 4.78 is 5.33. The number of aromatic nitrogens is 3. The van der Waals surface area contributed by atoms with Crippen LogP contribution in [0.4, 0.5) is 0 Å². The van der Waals surface area contributed by atoms with Gasteiger partial charge in [-0.25, -0.2) is 4.98 Å². The molecule has 25 heavy (non-hydrogen) atoms. The van der Waals surface area contributed by atoms with Crippen molar-refractivity contribution in [3.8, 4) is 51.8 Å². The number of nitrogens with zero attached hydrogens (tertiary/aromatic N) is 3. The second-order valence-corrected chi connectivity index (χ2v) is 5.10. The van der Waals surface area contributed by atoms with E-state index in [1.165, 1.54) is 24.3 Å². The molecule has 3 aromatic rings. The standard InChI is InChI=1S/C17H15N3O5/c1-2-25-17-19-15(11-5-3-9(21)7-13(11)23)18-16(20-17)12-6-4-10(22)8-14(12)24/h3-8,21-24H,2H2,1H3. The highest BCUT2D eigenvalue weighted by Gasteiger charge is 2.16. The summed E-state index contributed by atoms with van der Waals surface area (Å²) in [5.74, 6) is -0.408. The number of rotatable bonds is 4. The SMILES string of the molecule is CCOc1nc(-c2ccc(O)cc2O)nc(-c2ccc(O)cc2O)n1. The average molecular weight is 341 g/mol. The Labute approximate surface area is 142 Å². The molecule has 8 heteroatoms. The molecule has 0 radical (unpaired) electrons. The Hall–Kier alpha value is -3.55. The number of ether oxygens (including phenoxy) is 1. The maximum atomic E-state index is 10.0. The number of phenolic OH excluding ortho intramolecular Hbond substituents is 4. The van der Waals surface area contributed by atoms with E-state index in [0.717, 1.165) is 12.1 Å². The Morgan fingerprint density at radius 1 is 0.760 bits per heavy atom. The third-order valence-corrected chi connectivity index (χ3v) is 3.33. The van der Waals surface area contributed by atoms with Crippen molar-refractivity contribution >= 4 is 0 Å². The van der Waals surface area contributed by atoms with Gasteiger partial charge < -0.3 is 25.2 Å². The van der Waals surface area contributed by atoms with Crippen molar-refractivity contribution in [1.29, 1.82) is 0 Å². The van der Waals surface area contributed by atoms with E-state index in [2.05, 4.69) is 15.0 Å². The fourth-order valence-electron chi connectivity index (χ4n) is 2.21. The van der Waals surface area contributed by atoms with Crippen molar-refractivity contribution in [2.24, 2.45) is 0 Å². The fraction of sp³-hybridized carbons (Fsp3) is 0.118. The van der Waals surface area contributed by atoms with Crippen LogP contribution in [0.15, 0.2) is 36.4 Å². The maximum Gasteiger partial charge on any atom is 0.320 e. The molecule has 1 heterocycles. The predicted octanol–water partition coefficient (Wildman–Crippen LogP) is 2.43. The Morgan fingerprint density at radius 2 is 1.24 bits per heavy atom. The summed E-state index contributed by atoms with van der Waals surface area (Å²) >= 11 is 0. The molecule has 4 N–H and O–H groups in total. The quantitative estimate of drug-likeness (QED) is 0.569. The normalized spacial score (nSPS) is 10.6. The second kappa shape index (κ2) is 6.52. The molecule has 0 aliphatic carbocycles. The molecule has 2 aromatic carbocycles. The first-order valence-electron chi connectivity index (χ1n) is 7.41. The Balaban J connectivity index is 2.18. The molecular formula is C17H15N3O5. The minimum absolute atomic E-state index is 0.0162. The molecule has 0 spiro atoms. The molecule has 0 saturated heterocycles. The van der Waals surface area contributed by atoms with E-state index in [4.69, 9.17) is 4.74 Å². The number of benzene rings is 2. The van der Waals surface area contributed by atoms with Crippen LogP contribution in [-0.2, 0) is 0 Å². The Kier molecular flexibility index (Phi) is 4.25. The van der Waals surface area contributed by atoms with E-state index in [-0.39, 0.29) is 51.8 Å². The van der Waals surface area contributed by atoms with Gasteiger partial charge in [0.15, 0.2) is 11.6 Å². The lowest BCUT2D eigenvalue weighted by molar-refractivity contribution is 0.312. The van der Waals surface area contributed by atoms with E-state index in [1.807, 2.05) is 0 Å². The summed E-state index contributed by atoms with van der Waals surface area (Å²) in [5, 5.41) is 38.9. The first kappa shape index (κ1) is 16.3. The largest absolute Gasteiger partial charge is 0.508 e. The van der Waals surface area contributed by atoms with Crippen LogP contribution in [-0.4, -0.2) is 42.0 Å². The van der Waals surface area contributed by atoms with Crippen LogP contribution in [0.3, 0.4) is 0 Å². The average Bonchev–Trinajstić information content (AvgIpc) is 2.54. The molecule has 1 aromatic heterocycles. The predicted molar refractivity (Wildman–Crippen MR) is 88.5 cm³/mol. The Bertz CT molecular complexity index is 860.